The van der Waals surface area contributed by atoms with Gasteiger partial charge < -0.3 is 5.73 Å². The molecule has 0 atom stereocenters. The first kappa shape index (κ1) is 12.9. The van der Waals surface area contributed by atoms with E-state index in [0.29, 0.717) is 12.2 Å². The lowest BCUT2D eigenvalue weighted by atomic mass is 10.3. The van der Waals surface area contributed by atoms with Crippen LogP contribution < -0.4 is 10.0 Å². The van der Waals surface area contributed by atoms with E-state index in [0.717, 1.165) is 0 Å². The van der Waals surface area contributed by atoms with Crippen LogP contribution in [-0.2, 0) is 10.0 Å². The van der Waals surface area contributed by atoms with Gasteiger partial charge in [-0.25, -0.2) is 12.8 Å². The summed E-state index contributed by atoms with van der Waals surface area (Å²) in [4.78, 5) is 0. The first-order valence-corrected chi connectivity index (χ1v) is 6.58. The lowest BCUT2D eigenvalue weighted by Crippen LogP contribution is -2.35. The van der Waals surface area contributed by atoms with Crippen LogP contribution in [0.25, 0.3) is 0 Å². The third-order valence-corrected chi connectivity index (χ3v) is 4.01. The van der Waals surface area contributed by atoms with Crippen LogP contribution in [0, 0.1) is 5.82 Å². The molecule has 6 heteroatoms. The van der Waals surface area contributed by atoms with Crippen LogP contribution in [0.15, 0.2) is 24.3 Å². The summed E-state index contributed by atoms with van der Waals surface area (Å²) >= 11 is 0. The number of nitrogens with zero attached hydrogens (tertiary/aromatic N) is 1. The minimum Gasteiger partial charge on any atom is -0.329 e. The van der Waals surface area contributed by atoms with E-state index in [1.54, 1.807) is 6.92 Å². The van der Waals surface area contributed by atoms with E-state index in [-0.39, 0.29) is 12.3 Å². The highest BCUT2D eigenvalue weighted by Gasteiger charge is 2.19. The Bertz CT molecular complexity index is 431. The maximum Gasteiger partial charge on any atom is 0.236 e. The summed E-state index contributed by atoms with van der Waals surface area (Å²) in [5.74, 6) is -0.505. The molecule has 0 aromatic heterocycles. The molecule has 1 rings (SSSR count). The molecular formula is C10H15FN2O2S. The first-order valence-electron chi connectivity index (χ1n) is 4.97. The van der Waals surface area contributed by atoms with E-state index < -0.39 is 15.8 Å². The Labute approximate surface area is 94.9 Å². The topological polar surface area (TPSA) is 63.4 Å². The maximum atomic E-state index is 12.7. The third kappa shape index (κ3) is 2.93. The number of hydrogen-bond donors (Lipinski definition) is 1. The predicted octanol–water partition coefficient (Wildman–Crippen LogP) is 0.941. The van der Waals surface area contributed by atoms with Crippen LogP contribution in [0.5, 0.6) is 0 Å². The zero-order valence-electron chi connectivity index (χ0n) is 9.06. The summed E-state index contributed by atoms with van der Waals surface area (Å²) in [6.45, 7) is 2.09. The number of hydrogen-bond acceptors (Lipinski definition) is 3. The fourth-order valence-corrected chi connectivity index (χ4v) is 2.76. The average molecular weight is 246 g/mol. The maximum absolute atomic E-state index is 12.7. The summed E-state index contributed by atoms with van der Waals surface area (Å²) in [6, 6.07) is 5.34. The lowest BCUT2D eigenvalue weighted by molar-refractivity contribution is 0.591. The quantitative estimate of drug-likeness (QED) is 0.841. The smallest absolute Gasteiger partial charge is 0.236 e. The Morgan fingerprint density at radius 3 is 2.31 bits per heavy atom. The Kier molecular flexibility index (Phi) is 4.26. The normalized spacial score (nSPS) is 11.4. The Balaban J connectivity index is 3.03. The van der Waals surface area contributed by atoms with Crippen LogP contribution in [-0.4, -0.2) is 27.3 Å². The van der Waals surface area contributed by atoms with Crippen LogP contribution in [0.4, 0.5) is 10.1 Å². The number of nitrogens with two attached hydrogens (primary N) is 1. The highest BCUT2D eigenvalue weighted by molar-refractivity contribution is 7.92. The molecule has 0 aliphatic carbocycles. The van der Waals surface area contributed by atoms with Gasteiger partial charge in [0.2, 0.25) is 10.0 Å². The van der Waals surface area contributed by atoms with Gasteiger partial charge in [0, 0.05) is 13.1 Å². The summed E-state index contributed by atoms with van der Waals surface area (Å²) in [7, 11) is -3.40. The molecule has 1 aromatic rings. The van der Waals surface area contributed by atoms with Gasteiger partial charge in [0.05, 0.1) is 11.4 Å². The van der Waals surface area contributed by atoms with Crippen molar-refractivity contribution in [1.82, 2.24) is 0 Å². The fourth-order valence-electron chi connectivity index (χ4n) is 1.41. The molecule has 0 aliphatic rings. The van der Waals surface area contributed by atoms with Gasteiger partial charge in [0.1, 0.15) is 5.82 Å². The van der Waals surface area contributed by atoms with Gasteiger partial charge in [-0.3, -0.25) is 4.31 Å². The van der Waals surface area contributed by atoms with Crippen molar-refractivity contribution in [2.75, 3.05) is 23.1 Å². The van der Waals surface area contributed by atoms with Crippen molar-refractivity contribution in [3.8, 4) is 0 Å². The largest absolute Gasteiger partial charge is 0.329 e. The second-order valence-electron chi connectivity index (χ2n) is 3.25. The molecular weight excluding hydrogens is 231 g/mol. The molecule has 0 saturated carbocycles. The molecule has 90 valence electrons. The van der Waals surface area contributed by atoms with Crippen molar-refractivity contribution in [3.05, 3.63) is 30.1 Å². The molecule has 0 heterocycles. The van der Waals surface area contributed by atoms with Crippen molar-refractivity contribution in [2.24, 2.45) is 5.73 Å². The number of anilines is 1. The van der Waals surface area contributed by atoms with E-state index in [1.807, 2.05) is 0 Å². The SMILES string of the molecule is CCN(c1ccc(F)cc1)S(=O)(=O)CCN. The molecule has 2 N–H and O–H groups in total. The van der Waals surface area contributed by atoms with Gasteiger partial charge in [0.25, 0.3) is 0 Å². The molecule has 0 spiro atoms. The summed E-state index contributed by atoms with van der Waals surface area (Å²) in [6.07, 6.45) is 0. The van der Waals surface area contributed by atoms with Gasteiger partial charge in [-0.2, -0.15) is 0 Å². The van der Waals surface area contributed by atoms with E-state index in [9.17, 15) is 12.8 Å². The number of benzene rings is 1. The van der Waals surface area contributed by atoms with Crippen LogP contribution >= 0.6 is 0 Å². The van der Waals surface area contributed by atoms with E-state index in [1.165, 1.54) is 28.6 Å². The van der Waals surface area contributed by atoms with Crippen molar-refractivity contribution in [1.29, 1.82) is 0 Å². The van der Waals surface area contributed by atoms with Crippen molar-refractivity contribution < 1.29 is 12.8 Å². The Morgan fingerprint density at radius 2 is 1.88 bits per heavy atom. The third-order valence-electron chi connectivity index (χ3n) is 2.11. The van der Waals surface area contributed by atoms with Crippen molar-refractivity contribution in [3.63, 3.8) is 0 Å². The number of sulfonamides is 1. The predicted molar refractivity (Wildman–Crippen MR) is 62.3 cm³/mol. The van der Waals surface area contributed by atoms with Crippen molar-refractivity contribution in [2.45, 2.75) is 6.92 Å². The van der Waals surface area contributed by atoms with Gasteiger partial charge in [-0.1, -0.05) is 0 Å². The molecule has 0 bridgehead atoms. The molecule has 0 radical (unpaired) electrons. The minimum absolute atomic E-state index is 0.0695. The van der Waals surface area contributed by atoms with Crippen LogP contribution in [0.3, 0.4) is 0 Å². The lowest BCUT2D eigenvalue weighted by Gasteiger charge is -2.22. The van der Waals surface area contributed by atoms with Gasteiger partial charge in [0.15, 0.2) is 0 Å². The fraction of sp³-hybridized carbons (Fsp3) is 0.400. The number of rotatable bonds is 5. The monoisotopic (exact) mass is 246 g/mol. The van der Waals surface area contributed by atoms with Crippen molar-refractivity contribution >= 4 is 15.7 Å². The minimum atomic E-state index is -3.40. The zero-order chi connectivity index (χ0) is 12.2. The molecule has 0 saturated heterocycles. The first-order chi connectivity index (χ1) is 7.51. The van der Waals surface area contributed by atoms with Crippen LogP contribution in [0.2, 0.25) is 0 Å². The Morgan fingerprint density at radius 1 is 1.31 bits per heavy atom. The molecule has 0 fully saturated rings. The molecule has 16 heavy (non-hydrogen) atoms. The van der Waals surface area contributed by atoms with E-state index in [2.05, 4.69) is 0 Å². The van der Waals surface area contributed by atoms with E-state index >= 15 is 0 Å². The molecule has 0 aliphatic heterocycles. The van der Waals surface area contributed by atoms with Gasteiger partial charge >= 0.3 is 0 Å². The zero-order valence-corrected chi connectivity index (χ0v) is 9.87. The summed E-state index contributed by atoms with van der Waals surface area (Å²) < 4.78 is 37.5. The Hall–Kier alpha value is -1.14. The molecule has 4 nitrogen and oxygen atoms in total. The highest BCUT2D eigenvalue weighted by atomic mass is 32.2. The molecule has 0 amide bonds. The summed E-state index contributed by atoms with van der Waals surface area (Å²) in [5.41, 5.74) is 5.70. The second kappa shape index (κ2) is 5.27. The standard InChI is InChI=1S/C10H15FN2O2S/c1-2-13(16(14,15)8-7-12)10-5-3-9(11)4-6-10/h3-6H,2,7-8,12H2,1H3. The van der Waals surface area contributed by atoms with Gasteiger partial charge in [-0.05, 0) is 31.2 Å². The molecule has 1 aromatic carbocycles. The average Bonchev–Trinajstić information content (AvgIpc) is 2.21. The summed E-state index contributed by atoms with van der Waals surface area (Å²) in [5, 5.41) is 0. The second-order valence-corrected chi connectivity index (χ2v) is 5.26. The molecule has 0 unspecified atom stereocenters. The van der Waals surface area contributed by atoms with E-state index in [4.69, 9.17) is 5.73 Å². The van der Waals surface area contributed by atoms with Gasteiger partial charge in [-0.15, -0.1) is 0 Å². The number of halogens is 1. The highest BCUT2D eigenvalue weighted by Crippen LogP contribution is 2.18. The van der Waals surface area contributed by atoms with Crippen LogP contribution in [0.1, 0.15) is 6.92 Å².